The number of halogens is 1. The maximum Gasteiger partial charge on any atom is 0.165 e. The quantitative estimate of drug-likeness (QED) is 0.796. The summed E-state index contributed by atoms with van der Waals surface area (Å²) in [6.07, 6.45) is 5.28. The van der Waals surface area contributed by atoms with Gasteiger partial charge in [0.25, 0.3) is 0 Å². The molecule has 0 bridgehead atoms. The maximum atomic E-state index is 5.82. The highest BCUT2D eigenvalue weighted by Gasteiger charge is 2.30. The van der Waals surface area contributed by atoms with Gasteiger partial charge in [-0.05, 0) is 25.7 Å². The van der Waals surface area contributed by atoms with E-state index < -0.39 is 0 Å². The molecule has 0 aliphatic heterocycles. The van der Waals surface area contributed by atoms with E-state index in [4.69, 9.17) is 16.3 Å². The van der Waals surface area contributed by atoms with E-state index in [9.17, 15) is 0 Å². The monoisotopic (exact) mass is 266 g/mol. The second-order valence-electron chi connectivity index (χ2n) is 4.67. The molecular formula is C12H15ClN4O. The van der Waals surface area contributed by atoms with Gasteiger partial charge < -0.3 is 4.74 Å². The van der Waals surface area contributed by atoms with Crippen molar-refractivity contribution in [2.45, 2.75) is 32.3 Å². The summed E-state index contributed by atoms with van der Waals surface area (Å²) in [5.41, 5.74) is 0.755. The molecule has 96 valence electrons. The predicted octanol–water partition coefficient (Wildman–Crippen LogP) is 2.14. The van der Waals surface area contributed by atoms with E-state index in [1.54, 1.807) is 12.4 Å². The second-order valence-corrected chi connectivity index (χ2v) is 5.06. The van der Waals surface area contributed by atoms with Crippen molar-refractivity contribution in [1.82, 2.24) is 19.6 Å². The molecule has 0 atom stereocenters. The van der Waals surface area contributed by atoms with Crippen molar-refractivity contribution in [2.24, 2.45) is 5.92 Å². The fourth-order valence-electron chi connectivity index (χ4n) is 2.43. The molecule has 0 aromatic carbocycles. The van der Waals surface area contributed by atoms with E-state index in [1.807, 2.05) is 11.3 Å². The Morgan fingerprint density at radius 1 is 1.44 bits per heavy atom. The van der Waals surface area contributed by atoms with Crippen LogP contribution >= 0.6 is 11.6 Å². The number of hydrogen-bond acceptors (Lipinski definition) is 4. The first-order chi connectivity index (χ1) is 8.76. The Labute approximate surface area is 110 Å². The minimum absolute atomic E-state index is 0.437. The van der Waals surface area contributed by atoms with E-state index in [1.165, 1.54) is 0 Å². The number of ether oxygens (including phenoxy) is 1. The highest BCUT2D eigenvalue weighted by Crippen LogP contribution is 2.32. The summed E-state index contributed by atoms with van der Waals surface area (Å²) in [5.74, 6) is 1.60. The number of hydrogen-bond donors (Lipinski definition) is 0. The lowest BCUT2D eigenvalue weighted by Gasteiger charge is -2.34. The van der Waals surface area contributed by atoms with Crippen LogP contribution in [0.5, 0.6) is 0 Å². The zero-order valence-corrected chi connectivity index (χ0v) is 11.0. The van der Waals surface area contributed by atoms with E-state index in [0.29, 0.717) is 17.2 Å². The van der Waals surface area contributed by atoms with Crippen LogP contribution in [0, 0.1) is 5.92 Å². The summed E-state index contributed by atoms with van der Waals surface area (Å²) < 4.78 is 7.46. The highest BCUT2D eigenvalue weighted by atomic mass is 35.5. The first kappa shape index (κ1) is 11.9. The Bertz CT molecular complexity index is 550. The summed E-state index contributed by atoms with van der Waals surface area (Å²) in [5, 5.41) is 8.75. The van der Waals surface area contributed by atoms with Crippen molar-refractivity contribution in [3.8, 4) is 0 Å². The molecule has 0 N–H and O–H groups in total. The van der Waals surface area contributed by atoms with E-state index in [-0.39, 0.29) is 0 Å². The van der Waals surface area contributed by atoms with Crippen LogP contribution in [0.3, 0.4) is 0 Å². The summed E-state index contributed by atoms with van der Waals surface area (Å²) in [6.45, 7) is 2.84. The number of aromatic nitrogens is 4. The molecule has 3 rings (SSSR count). The molecule has 1 saturated carbocycles. The van der Waals surface area contributed by atoms with Crippen LogP contribution in [0.25, 0.3) is 5.65 Å². The molecule has 2 heterocycles. The molecule has 6 heteroatoms. The van der Waals surface area contributed by atoms with Crippen LogP contribution < -0.4 is 0 Å². The topological polar surface area (TPSA) is 52.3 Å². The fourth-order valence-corrected chi connectivity index (χ4v) is 2.57. The van der Waals surface area contributed by atoms with E-state index in [0.717, 1.165) is 37.3 Å². The van der Waals surface area contributed by atoms with Crippen LogP contribution in [-0.2, 0) is 11.2 Å². The van der Waals surface area contributed by atoms with Crippen molar-refractivity contribution >= 4 is 17.2 Å². The SMILES string of the molecule is CCOC1CC(Cc2nnc3cc(Cl)ncn23)C1. The Hall–Kier alpha value is -1.20. The summed E-state index contributed by atoms with van der Waals surface area (Å²) in [4.78, 5) is 4.06. The second kappa shape index (κ2) is 4.82. The fraction of sp³-hybridized carbons (Fsp3) is 0.583. The molecule has 0 radical (unpaired) electrons. The molecule has 1 aliphatic carbocycles. The van der Waals surface area contributed by atoms with Crippen molar-refractivity contribution in [1.29, 1.82) is 0 Å². The molecule has 2 aromatic heterocycles. The zero-order valence-electron chi connectivity index (χ0n) is 10.2. The first-order valence-corrected chi connectivity index (χ1v) is 6.61. The van der Waals surface area contributed by atoms with Crippen LogP contribution in [0.4, 0.5) is 0 Å². The smallest absolute Gasteiger partial charge is 0.165 e. The molecular weight excluding hydrogens is 252 g/mol. The summed E-state index contributed by atoms with van der Waals surface area (Å²) >= 11 is 5.82. The van der Waals surface area contributed by atoms with Gasteiger partial charge in [-0.1, -0.05) is 11.6 Å². The predicted molar refractivity (Wildman–Crippen MR) is 67.6 cm³/mol. The third kappa shape index (κ3) is 2.20. The first-order valence-electron chi connectivity index (χ1n) is 6.23. The average molecular weight is 267 g/mol. The van der Waals surface area contributed by atoms with Crippen LogP contribution in [0.2, 0.25) is 5.15 Å². The lowest BCUT2D eigenvalue weighted by molar-refractivity contribution is -0.0246. The number of rotatable bonds is 4. The lowest BCUT2D eigenvalue weighted by atomic mass is 9.80. The van der Waals surface area contributed by atoms with Gasteiger partial charge in [-0.25, -0.2) is 4.98 Å². The molecule has 2 aromatic rings. The van der Waals surface area contributed by atoms with Gasteiger partial charge >= 0.3 is 0 Å². The van der Waals surface area contributed by atoms with Crippen molar-refractivity contribution in [3.63, 3.8) is 0 Å². The zero-order chi connectivity index (χ0) is 12.5. The van der Waals surface area contributed by atoms with Gasteiger partial charge in [-0.3, -0.25) is 4.40 Å². The molecule has 5 nitrogen and oxygen atoms in total. The molecule has 0 amide bonds. The third-order valence-corrected chi connectivity index (χ3v) is 3.61. The van der Waals surface area contributed by atoms with Gasteiger partial charge in [0, 0.05) is 19.1 Å². The molecule has 1 fully saturated rings. The molecule has 0 unspecified atom stereocenters. The third-order valence-electron chi connectivity index (χ3n) is 3.40. The summed E-state index contributed by atoms with van der Waals surface area (Å²) in [6, 6.07) is 1.72. The van der Waals surface area contributed by atoms with E-state index >= 15 is 0 Å². The number of fused-ring (bicyclic) bond motifs is 1. The number of nitrogens with zero attached hydrogens (tertiary/aromatic N) is 4. The van der Waals surface area contributed by atoms with Gasteiger partial charge in [-0.15, -0.1) is 10.2 Å². The van der Waals surface area contributed by atoms with Crippen molar-refractivity contribution < 1.29 is 4.74 Å². The van der Waals surface area contributed by atoms with Crippen molar-refractivity contribution in [2.75, 3.05) is 6.61 Å². The highest BCUT2D eigenvalue weighted by molar-refractivity contribution is 6.29. The average Bonchev–Trinajstić information content (AvgIpc) is 2.69. The van der Waals surface area contributed by atoms with Crippen molar-refractivity contribution in [3.05, 3.63) is 23.4 Å². The summed E-state index contributed by atoms with van der Waals surface area (Å²) in [7, 11) is 0. The standard InChI is InChI=1S/C12H15ClN4O/c1-2-18-9-3-8(4-9)5-11-15-16-12-6-10(13)14-7-17(11)12/h6-9H,2-5H2,1H3. The largest absolute Gasteiger partial charge is 0.378 e. The minimum Gasteiger partial charge on any atom is -0.378 e. The van der Waals surface area contributed by atoms with Gasteiger partial charge in [0.15, 0.2) is 5.65 Å². The molecule has 1 aliphatic rings. The van der Waals surface area contributed by atoms with Gasteiger partial charge in [0.05, 0.1) is 6.10 Å². The van der Waals surface area contributed by atoms with Gasteiger partial charge in [0.2, 0.25) is 0 Å². The lowest BCUT2D eigenvalue weighted by Crippen LogP contribution is -2.33. The van der Waals surface area contributed by atoms with E-state index in [2.05, 4.69) is 15.2 Å². The molecule has 18 heavy (non-hydrogen) atoms. The van der Waals surface area contributed by atoms with Gasteiger partial charge in [-0.2, -0.15) is 0 Å². The van der Waals surface area contributed by atoms with Crippen LogP contribution in [-0.4, -0.2) is 32.3 Å². The minimum atomic E-state index is 0.437. The molecule has 0 saturated heterocycles. The molecule has 0 spiro atoms. The Balaban J connectivity index is 1.69. The Morgan fingerprint density at radius 2 is 2.28 bits per heavy atom. The Morgan fingerprint density at radius 3 is 3.06 bits per heavy atom. The van der Waals surface area contributed by atoms with Crippen LogP contribution in [0.15, 0.2) is 12.4 Å². The maximum absolute atomic E-state index is 5.82. The Kier molecular flexibility index (Phi) is 3.18. The van der Waals surface area contributed by atoms with Crippen LogP contribution in [0.1, 0.15) is 25.6 Å². The van der Waals surface area contributed by atoms with Gasteiger partial charge in [0.1, 0.15) is 17.3 Å². The normalized spacial score (nSPS) is 23.2.